The first-order valence-electron chi connectivity index (χ1n) is 11.4. The molecule has 3 aliphatic heterocycles. The number of hydrogen-bond acceptors (Lipinski definition) is 9. The van der Waals surface area contributed by atoms with E-state index in [1.165, 1.54) is 4.90 Å². The maximum absolute atomic E-state index is 13.6. The molecule has 6 atom stereocenters. The zero-order valence-corrected chi connectivity index (χ0v) is 27.4. The molecule has 3 fully saturated rings. The Kier molecular flexibility index (Phi) is 6.36. The Bertz CT molecular complexity index is 1400. The molecule has 1 amide bonds. The Balaban J connectivity index is 0.00000336. The first-order valence-corrected chi connectivity index (χ1v) is 12.8. The van der Waals surface area contributed by atoms with E-state index in [4.69, 9.17) is 9.47 Å². The quantitative estimate of drug-likeness (QED) is 0.233. The number of rotatable bonds is 7. The number of halogens is 2. The number of carbonyl (C=O) groups is 3. The topological polar surface area (TPSA) is 139 Å². The number of carbonyl (C=O) groups excluding carboxylic acids is 3. The third-order valence-corrected chi connectivity index (χ3v) is 7.76. The number of hydrogen-bond donors (Lipinski definition) is 0. The van der Waals surface area contributed by atoms with E-state index in [1.54, 1.807) is 44.2 Å². The first kappa shape index (κ1) is 26.9. The van der Waals surface area contributed by atoms with E-state index < -0.39 is 76.0 Å². The third-order valence-electron chi connectivity index (χ3n) is 6.99. The van der Waals surface area contributed by atoms with E-state index >= 15 is 0 Å². The van der Waals surface area contributed by atoms with Gasteiger partial charge in [0.15, 0.2) is 6.10 Å². The molecule has 0 aliphatic carbocycles. The van der Waals surface area contributed by atoms with Gasteiger partial charge in [0, 0.05) is 6.04 Å². The summed E-state index contributed by atoms with van der Waals surface area (Å²) in [4.78, 5) is 40.7. The van der Waals surface area contributed by atoms with Gasteiger partial charge < -0.3 is 23.7 Å². The Labute approximate surface area is 210 Å². The summed E-state index contributed by atoms with van der Waals surface area (Å²) < 4.78 is 75.4. The summed E-state index contributed by atoms with van der Waals surface area (Å²) in [7, 11) is -6.14. The minimum atomic E-state index is -6.14. The summed E-state index contributed by atoms with van der Waals surface area (Å²) in [5, 5.41) is -3.58. The van der Waals surface area contributed by atoms with Crippen molar-refractivity contribution in [3.05, 3.63) is 54.6 Å². The second kappa shape index (κ2) is 8.99. The van der Waals surface area contributed by atoms with E-state index in [-0.39, 0.29) is 11.6 Å². The molecule has 3 heterocycles. The molecule has 2 aromatic carbocycles. The molecule has 0 spiro atoms. The van der Waals surface area contributed by atoms with Crippen molar-refractivity contribution in [3.63, 3.8) is 0 Å². The van der Waals surface area contributed by atoms with Crippen molar-refractivity contribution >= 4 is 38.7 Å². The Morgan fingerprint density at radius 3 is 2.45 bits per heavy atom. The van der Waals surface area contributed by atoms with Crippen molar-refractivity contribution in [2.45, 2.75) is 49.5 Å². The van der Waals surface area contributed by atoms with Gasteiger partial charge in [0.2, 0.25) is 5.91 Å². The number of alkyl halides is 2. The summed E-state index contributed by atoms with van der Waals surface area (Å²) >= 11 is 0. The number of likely N-dealkylation sites (tertiary alicyclic amines) is 1. The van der Waals surface area contributed by atoms with Gasteiger partial charge in [0.25, 0.3) is 11.2 Å². The molecule has 5 rings (SSSR count). The summed E-state index contributed by atoms with van der Waals surface area (Å²) in [6.45, 7) is 2.78. The largest absolute Gasteiger partial charge is 0.746 e. The molecule has 0 N–H and O–H groups in total. The molecule has 3 saturated heterocycles. The molecule has 14 heteroatoms. The Morgan fingerprint density at radius 2 is 1.79 bits per heavy atom. The van der Waals surface area contributed by atoms with Crippen molar-refractivity contribution in [1.82, 2.24) is 4.90 Å². The zero-order chi connectivity index (χ0) is 26.9. The summed E-state index contributed by atoms with van der Waals surface area (Å²) in [5.41, 5.74) is 0.241. The fourth-order valence-corrected chi connectivity index (χ4v) is 5.68. The maximum atomic E-state index is 13.6. The molecule has 2 bridgehead atoms. The number of amides is 1. The van der Waals surface area contributed by atoms with Gasteiger partial charge in [-0.15, -0.1) is 0 Å². The molecule has 0 aromatic heterocycles. The number of ether oxygens (including phenoxy) is 3. The fourth-order valence-electron chi connectivity index (χ4n) is 5.52. The van der Waals surface area contributed by atoms with Gasteiger partial charge in [-0.05, 0) is 30.7 Å². The van der Waals surface area contributed by atoms with Crippen LogP contribution in [0.25, 0.3) is 10.8 Å². The predicted octanol–water partition coefficient (Wildman–Crippen LogP) is 1.84. The Hall–Kier alpha value is -4.16. The molecule has 10 nitrogen and oxygen atoms in total. The van der Waals surface area contributed by atoms with E-state index in [2.05, 4.69) is 4.74 Å². The summed E-state index contributed by atoms with van der Waals surface area (Å²) in [6, 6.07) is 11.1. The average molecular weight is 804 g/mol. The molecule has 6 unspecified atom stereocenters. The summed E-state index contributed by atoms with van der Waals surface area (Å²) in [6.07, 6.45) is -3.24. The van der Waals surface area contributed by atoms with Crippen LogP contribution in [0.5, 0.6) is 0 Å². The molecule has 2 aromatic rings. The van der Waals surface area contributed by atoms with Gasteiger partial charge in [0.05, 0.1) is 29.5 Å². The monoisotopic (exact) mass is 804 g/mol. The minimum Gasteiger partial charge on any atom is -0.746 e. The van der Waals surface area contributed by atoms with Crippen LogP contribution in [0, 0.1) is 18.4 Å². The van der Waals surface area contributed by atoms with Gasteiger partial charge >= 0.3 is 5.97 Å². The fraction of sp³-hybridized carbons (Fsp3) is 0.417. The number of esters is 2. The molecule has 0 saturated carbocycles. The average Bonchev–Trinajstić information content (AvgIpc) is 3.44. The van der Waals surface area contributed by atoms with Crippen LogP contribution in [0.4, 0.5) is 8.78 Å². The van der Waals surface area contributed by atoms with Crippen molar-refractivity contribution in [2.75, 3.05) is 0 Å². The molecule has 38 heavy (non-hydrogen) atoms. The molecule has 200 valence electrons. The van der Waals surface area contributed by atoms with Gasteiger partial charge in [0.1, 0.15) is 16.2 Å². The van der Waals surface area contributed by atoms with E-state index in [9.17, 15) is 36.1 Å². The normalized spacial score (nSPS) is 28.1. The SMILES string of the molecule is CC(C)N1C(=O)C2C3OC(C(OC(=O)c4cccc5ccccc45)C31)C2C(=O)O[CH-]C(F)(F)S(=O)(=O)[O-].[Rf]. The number of benzene rings is 2. The molecule has 3 aliphatic rings. The second-order valence-corrected chi connectivity index (χ2v) is 10.9. The molecular weight excluding hydrogens is 783 g/mol. The maximum Gasteiger partial charge on any atom is 0.339 e. The van der Waals surface area contributed by atoms with Crippen LogP contribution in [0.15, 0.2) is 42.5 Å². The smallest absolute Gasteiger partial charge is 0.339 e. The first-order chi connectivity index (χ1) is 17.3. The van der Waals surface area contributed by atoms with Crippen LogP contribution in [0.2, 0.25) is 0 Å². The van der Waals surface area contributed by atoms with E-state index in [0.717, 1.165) is 5.39 Å². The van der Waals surface area contributed by atoms with Crippen LogP contribution in [0.3, 0.4) is 0 Å². The van der Waals surface area contributed by atoms with Gasteiger partial charge in [-0.3, -0.25) is 9.59 Å². The van der Waals surface area contributed by atoms with Crippen LogP contribution in [-0.4, -0.2) is 71.4 Å². The van der Waals surface area contributed by atoms with Crippen LogP contribution in [0.1, 0.15) is 24.2 Å². The standard InChI is InChI=1S/C24H22F2NO9S.Rf/c1-11(2)27-17-18-15(21(27)28)16(23(30)34-10-24(25,26)37(31,32)33)19(35-18)20(17)36-22(29)14-9-5-7-12-6-3-4-8-13(12)14;/h3-11,15-20H,1-2H3,(H,31,32,33);/q-1;/p-1. The van der Waals surface area contributed by atoms with Crippen molar-refractivity contribution in [1.29, 1.82) is 0 Å². The van der Waals surface area contributed by atoms with Crippen molar-refractivity contribution < 1.29 is 50.3 Å². The molecule has 0 radical (unpaired) electrons. The summed E-state index contributed by atoms with van der Waals surface area (Å²) in [5.74, 6) is -5.22. The zero-order valence-electron chi connectivity index (χ0n) is 20.2. The third kappa shape index (κ3) is 3.92. The number of nitrogens with zero attached hydrogens (tertiary/aromatic N) is 1. The van der Waals surface area contributed by atoms with Gasteiger partial charge in [-0.2, -0.15) is 0 Å². The van der Waals surface area contributed by atoms with Crippen molar-refractivity contribution in [2.24, 2.45) is 11.8 Å². The second-order valence-electron chi connectivity index (χ2n) is 9.41. The van der Waals surface area contributed by atoms with Gasteiger partial charge in [-0.1, -0.05) is 43.0 Å². The van der Waals surface area contributed by atoms with E-state index in [0.29, 0.717) is 5.39 Å². The predicted molar refractivity (Wildman–Crippen MR) is 120 cm³/mol. The van der Waals surface area contributed by atoms with E-state index in [1.807, 2.05) is 12.1 Å². The number of fused-ring (bicyclic) bond motifs is 2. The Morgan fingerprint density at radius 1 is 1.13 bits per heavy atom. The van der Waals surface area contributed by atoms with Gasteiger partial charge in [-0.25, -0.2) is 22.0 Å². The van der Waals surface area contributed by atoms with Crippen LogP contribution in [-0.2, 0) is 33.9 Å². The van der Waals surface area contributed by atoms with Crippen LogP contribution >= 0.6 is 0 Å². The molecular formula is C24H21F2NO9RfS-2. The van der Waals surface area contributed by atoms with Crippen LogP contribution < -0.4 is 0 Å². The van der Waals surface area contributed by atoms with Crippen molar-refractivity contribution in [3.8, 4) is 0 Å². The minimum absolute atomic E-state index is 0.